The van der Waals surface area contributed by atoms with E-state index in [0.717, 1.165) is 5.56 Å². The number of benzene rings is 1. The van der Waals surface area contributed by atoms with Crippen LogP contribution in [0.2, 0.25) is 0 Å². The molecule has 0 atom stereocenters. The van der Waals surface area contributed by atoms with Gasteiger partial charge < -0.3 is 15.2 Å². The second-order valence-corrected chi connectivity index (χ2v) is 4.64. The minimum atomic E-state index is -0.975. The summed E-state index contributed by atoms with van der Waals surface area (Å²) in [7, 11) is 1.60. The van der Waals surface area contributed by atoms with Gasteiger partial charge in [-0.05, 0) is 23.8 Å². The first-order chi connectivity index (χ1) is 10.6. The molecular formula is C15H17N3O4. The number of carbonyl (C=O) groups is 2. The maximum atomic E-state index is 12.0. The Balaban J connectivity index is 1.89. The number of aromatic carboxylic acids is 1. The number of amides is 1. The molecule has 0 saturated carbocycles. The molecule has 7 heteroatoms. The molecule has 7 nitrogen and oxygen atoms in total. The molecule has 0 bridgehead atoms. The van der Waals surface area contributed by atoms with Crippen LogP contribution in [-0.2, 0) is 17.8 Å². The molecule has 0 radical (unpaired) electrons. The molecule has 0 aliphatic heterocycles. The standard InChI is InChI=1S/C15H17N3O4/c1-22-9-8-18-7-6-13(17-18)14(19)16-10-11-2-4-12(5-3-11)15(20)21/h2-7H,8-10H2,1H3,(H,16,19)(H,20,21). The Labute approximate surface area is 127 Å². The van der Waals surface area contributed by atoms with E-state index in [9.17, 15) is 9.59 Å². The summed E-state index contributed by atoms with van der Waals surface area (Å²) >= 11 is 0. The highest BCUT2D eigenvalue weighted by Crippen LogP contribution is 2.05. The molecule has 1 aromatic carbocycles. The van der Waals surface area contributed by atoms with E-state index in [1.54, 1.807) is 36.2 Å². The number of aromatic nitrogens is 2. The SMILES string of the molecule is COCCn1ccc(C(=O)NCc2ccc(C(=O)O)cc2)n1. The van der Waals surface area contributed by atoms with Crippen molar-refractivity contribution in [2.75, 3.05) is 13.7 Å². The number of rotatable bonds is 7. The van der Waals surface area contributed by atoms with Gasteiger partial charge in [-0.3, -0.25) is 9.48 Å². The minimum Gasteiger partial charge on any atom is -0.478 e. The van der Waals surface area contributed by atoms with Crippen molar-refractivity contribution in [3.05, 3.63) is 53.3 Å². The molecule has 0 spiro atoms. The van der Waals surface area contributed by atoms with Crippen LogP contribution < -0.4 is 5.32 Å². The Bertz CT molecular complexity index is 649. The summed E-state index contributed by atoms with van der Waals surface area (Å²) in [5, 5.41) is 15.7. The van der Waals surface area contributed by atoms with Gasteiger partial charge in [0.25, 0.3) is 5.91 Å². The quantitative estimate of drug-likeness (QED) is 0.800. The Morgan fingerprint density at radius 1 is 1.27 bits per heavy atom. The first-order valence-corrected chi connectivity index (χ1v) is 6.73. The van der Waals surface area contributed by atoms with Gasteiger partial charge in [-0.1, -0.05) is 12.1 Å². The molecule has 0 aliphatic carbocycles. The summed E-state index contributed by atoms with van der Waals surface area (Å²) in [6, 6.07) is 7.98. The predicted molar refractivity (Wildman–Crippen MR) is 78.7 cm³/mol. The first kappa shape index (κ1) is 15.7. The Morgan fingerprint density at radius 2 is 2.00 bits per heavy atom. The highest BCUT2D eigenvalue weighted by molar-refractivity contribution is 5.92. The van der Waals surface area contributed by atoms with Crippen LogP contribution in [0, 0.1) is 0 Å². The largest absolute Gasteiger partial charge is 0.478 e. The number of carbonyl (C=O) groups excluding carboxylic acids is 1. The lowest BCUT2D eigenvalue weighted by Crippen LogP contribution is -2.23. The number of hydrogen-bond acceptors (Lipinski definition) is 4. The van der Waals surface area contributed by atoms with Crippen molar-refractivity contribution in [2.45, 2.75) is 13.1 Å². The molecule has 0 unspecified atom stereocenters. The Kier molecular flexibility index (Phi) is 5.26. The molecule has 2 aromatic rings. The van der Waals surface area contributed by atoms with E-state index >= 15 is 0 Å². The molecule has 0 saturated heterocycles. The van der Waals surface area contributed by atoms with E-state index < -0.39 is 5.97 Å². The van der Waals surface area contributed by atoms with Crippen LogP contribution in [0.5, 0.6) is 0 Å². The Morgan fingerprint density at radius 3 is 2.64 bits per heavy atom. The fourth-order valence-corrected chi connectivity index (χ4v) is 1.83. The lowest BCUT2D eigenvalue weighted by molar-refractivity contribution is 0.0696. The summed E-state index contributed by atoms with van der Waals surface area (Å²) in [6.07, 6.45) is 1.72. The summed E-state index contributed by atoms with van der Waals surface area (Å²) in [6.45, 7) is 1.42. The van der Waals surface area contributed by atoms with E-state index in [2.05, 4.69) is 10.4 Å². The third-order valence-corrected chi connectivity index (χ3v) is 3.05. The molecule has 116 valence electrons. The summed E-state index contributed by atoms with van der Waals surface area (Å²) in [5.41, 5.74) is 1.36. The van der Waals surface area contributed by atoms with Crippen molar-refractivity contribution in [2.24, 2.45) is 0 Å². The molecule has 2 N–H and O–H groups in total. The van der Waals surface area contributed by atoms with Gasteiger partial charge in [-0.2, -0.15) is 5.10 Å². The van der Waals surface area contributed by atoms with Gasteiger partial charge in [0.2, 0.25) is 0 Å². The van der Waals surface area contributed by atoms with Crippen LogP contribution in [-0.4, -0.2) is 40.5 Å². The average Bonchev–Trinajstić information content (AvgIpc) is 3.00. The molecule has 0 aliphatic rings. The number of carboxylic acid groups (broad SMARTS) is 1. The van der Waals surface area contributed by atoms with E-state index in [1.807, 2.05) is 0 Å². The zero-order valence-corrected chi connectivity index (χ0v) is 12.2. The first-order valence-electron chi connectivity index (χ1n) is 6.73. The fraction of sp³-hybridized carbons (Fsp3) is 0.267. The number of methoxy groups -OCH3 is 1. The van der Waals surface area contributed by atoms with Gasteiger partial charge in [-0.25, -0.2) is 4.79 Å². The number of nitrogens with zero attached hydrogens (tertiary/aromatic N) is 2. The second-order valence-electron chi connectivity index (χ2n) is 4.64. The van der Waals surface area contributed by atoms with E-state index in [-0.39, 0.29) is 11.5 Å². The smallest absolute Gasteiger partial charge is 0.335 e. The van der Waals surface area contributed by atoms with Crippen LogP contribution >= 0.6 is 0 Å². The number of ether oxygens (including phenoxy) is 1. The van der Waals surface area contributed by atoms with Gasteiger partial charge in [0, 0.05) is 19.9 Å². The molecule has 22 heavy (non-hydrogen) atoms. The molecule has 2 rings (SSSR count). The van der Waals surface area contributed by atoms with Gasteiger partial charge >= 0.3 is 5.97 Å². The molecular weight excluding hydrogens is 286 g/mol. The Hall–Kier alpha value is -2.67. The van der Waals surface area contributed by atoms with Gasteiger partial charge in [0.1, 0.15) is 5.69 Å². The minimum absolute atomic E-state index is 0.215. The normalized spacial score (nSPS) is 10.4. The van der Waals surface area contributed by atoms with Gasteiger partial charge in [-0.15, -0.1) is 0 Å². The zero-order chi connectivity index (χ0) is 15.9. The summed E-state index contributed by atoms with van der Waals surface area (Å²) < 4.78 is 6.58. The van der Waals surface area contributed by atoms with Crippen LogP contribution in [0.3, 0.4) is 0 Å². The second kappa shape index (κ2) is 7.37. The van der Waals surface area contributed by atoms with Crippen molar-refractivity contribution in [3.63, 3.8) is 0 Å². The topological polar surface area (TPSA) is 93.5 Å². The van der Waals surface area contributed by atoms with Crippen LogP contribution in [0.25, 0.3) is 0 Å². The third-order valence-electron chi connectivity index (χ3n) is 3.05. The summed E-state index contributed by atoms with van der Waals surface area (Å²) in [5.74, 6) is -1.25. The maximum absolute atomic E-state index is 12.0. The van der Waals surface area contributed by atoms with Crippen LogP contribution in [0.1, 0.15) is 26.4 Å². The van der Waals surface area contributed by atoms with Crippen molar-refractivity contribution < 1.29 is 19.4 Å². The van der Waals surface area contributed by atoms with E-state index in [0.29, 0.717) is 25.4 Å². The average molecular weight is 303 g/mol. The molecule has 0 fully saturated rings. The lowest BCUT2D eigenvalue weighted by Gasteiger charge is -2.04. The van der Waals surface area contributed by atoms with Crippen LogP contribution in [0.15, 0.2) is 36.5 Å². The lowest BCUT2D eigenvalue weighted by atomic mass is 10.1. The predicted octanol–water partition coefficient (Wildman–Crippen LogP) is 1.16. The fourth-order valence-electron chi connectivity index (χ4n) is 1.83. The van der Waals surface area contributed by atoms with Crippen molar-refractivity contribution in [3.8, 4) is 0 Å². The van der Waals surface area contributed by atoms with Crippen molar-refractivity contribution in [1.29, 1.82) is 0 Å². The van der Waals surface area contributed by atoms with Gasteiger partial charge in [0.05, 0.1) is 18.7 Å². The molecule has 1 heterocycles. The van der Waals surface area contributed by atoms with Gasteiger partial charge in [0.15, 0.2) is 0 Å². The third kappa shape index (κ3) is 4.16. The number of nitrogens with one attached hydrogen (secondary N) is 1. The van der Waals surface area contributed by atoms with E-state index in [4.69, 9.17) is 9.84 Å². The van der Waals surface area contributed by atoms with Crippen molar-refractivity contribution in [1.82, 2.24) is 15.1 Å². The molecule has 1 aromatic heterocycles. The van der Waals surface area contributed by atoms with Crippen molar-refractivity contribution >= 4 is 11.9 Å². The van der Waals surface area contributed by atoms with Crippen LogP contribution in [0.4, 0.5) is 0 Å². The molecule has 1 amide bonds. The zero-order valence-electron chi connectivity index (χ0n) is 12.2. The number of hydrogen-bond donors (Lipinski definition) is 2. The highest BCUT2D eigenvalue weighted by Gasteiger charge is 2.09. The highest BCUT2D eigenvalue weighted by atomic mass is 16.5. The van der Waals surface area contributed by atoms with E-state index in [1.165, 1.54) is 12.1 Å². The number of carboxylic acids is 1. The summed E-state index contributed by atoms with van der Waals surface area (Å²) in [4.78, 5) is 22.7. The monoisotopic (exact) mass is 303 g/mol. The maximum Gasteiger partial charge on any atom is 0.335 e.